The fourth-order valence-corrected chi connectivity index (χ4v) is 2.48. The zero-order chi connectivity index (χ0) is 15.5. The lowest BCUT2D eigenvalue weighted by molar-refractivity contribution is 0.454. The van der Waals surface area contributed by atoms with E-state index in [2.05, 4.69) is 48.8 Å². The van der Waals surface area contributed by atoms with Gasteiger partial charge in [-0.25, -0.2) is 0 Å². The largest absolute Gasteiger partial charge is 0.456 e. The van der Waals surface area contributed by atoms with Gasteiger partial charge < -0.3 is 4.74 Å². The Kier molecular flexibility index (Phi) is 4.69. The zero-order valence-corrected chi connectivity index (χ0v) is 14.1. The van der Waals surface area contributed by atoms with Gasteiger partial charge in [-0.15, -0.1) is 0 Å². The highest BCUT2D eigenvalue weighted by molar-refractivity contribution is 9.08. The summed E-state index contributed by atoms with van der Waals surface area (Å²) in [6.45, 7) is 6.44. The molecular formula is C18H18BrNO. The van der Waals surface area contributed by atoms with E-state index in [1.54, 1.807) is 0 Å². The van der Waals surface area contributed by atoms with E-state index in [0.29, 0.717) is 11.3 Å². The third kappa shape index (κ3) is 3.65. The van der Waals surface area contributed by atoms with Gasteiger partial charge in [-0.1, -0.05) is 61.0 Å². The lowest BCUT2D eigenvalue weighted by Crippen LogP contribution is -2.12. The Hall–Kier alpha value is -1.79. The standard InChI is InChI=1S/C18H18BrNO/c1-18(2,3)15-6-4-5-7-17(15)21-16-9-8-13(11-19)10-14(16)12-20/h4-10H,11H2,1-3H3. The highest BCUT2D eigenvalue weighted by Crippen LogP contribution is 2.35. The first kappa shape index (κ1) is 15.6. The molecule has 0 radical (unpaired) electrons. The van der Waals surface area contributed by atoms with Gasteiger partial charge in [-0.2, -0.15) is 5.26 Å². The van der Waals surface area contributed by atoms with Crippen molar-refractivity contribution in [3.05, 3.63) is 59.2 Å². The lowest BCUT2D eigenvalue weighted by atomic mass is 9.86. The Morgan fingerprint density at radius 3 is 2.43 bits per heavy atom. The van der Waals surface area contributed by atoms with Gasteiger partial charge in [0.15, 0.2) is 0 Å². The van der Waals surface area contributed by atoms with E-state index in [9.17, 15) is 5.26 Å². The number of benzene rings is 2. The fraction of sp³-hybridized carbons (Fsp3) is 0.278. The number of nitriles is 1. The van der Waals surface area contributed by atoms with Crippen molar-refractivity contribution in [2.75, 3.05) is 0 Å². The van der Waals surface area contributed by atoms with Gasteiger partial charge >= 0.3 is 0 Å². The molecule has 0 aliphatic heterocycles. The number of rotatable bonds is 3. The predicted molar refractivity (Wildman–Crippen MR) is 89.0 cm³/mol. The molecule has 0 heterocycles. The summed E-state index contributed by atoms with van der Waals surface area (Å²) in [4.78, 5) is 0. The predicted octanol–water partition coefficient (Wildman–Crippen LogP) is 5.54. The topological polar surface area (TPSA) is 33.0 Å². The summed E-state index contributed by atoms with van der Waals surface area (Å²) >= 11 is 3.40. The van der Waals surface area contributed by atoms with Crippen LogP contribution in [0.3, 0.4) is 0 Å². The van der Waals surface area contributed by atoms with Crippen LogP contribution in [0, 0.1) is 11.3 Å². The van der Waals surface area contributed by atoms with Gasteiger partial charge in [0.2, 0.25) is 0 Å². The van der Waals surface area contributed by atoms with E-state index in [-0.39, 0.29) is 5.41 Å². The molecule has 2 aromatic carbocycles. The summed E-state index contributed by atoms with van der Waals surface area (Å²) in [6, 6.07) is 15.8. The van der Waals surface area contributed by atoms with Crippen LogP contribution in [0.5, 0.6) is 11.5 Å². The van der Waals surface area contributed by atoms with Crippen LogP contribution in [-0.4, -0.2) is 0 Å². The molecule has 0 aliphatic rings. The number of alkyl halides is 1. The van der Waals surface area contributed by atoms with E-state index < -0.39 is 0 Å². The first-order valence-corrected chi connectivity index (χ1v) is 7.94. The van der Waals surface area contributed by atoms with Crippen LogP contribution in [0.2, 0.25) is 0 Å². The molecule has 2 rings (SSSR count). The van der Waals surface area contributed by atoms with Crippen molar-refractivity contribution in [3.8, 4) is 17.6 Å². The SMILES string of the molecule is CC(C)(C)c1ccccc1Oc1ccc(CBr)cc1C#N. The summed E-state index contributed by atoms with van der Waals surface area (Å²) in [5, 5.41) is 10.0. The van der Waals surface area contributed by atoms with Gasteiger partial charge in [0, 0.05) is 10.9 Å². The third-order valence-electron chi connectivity index (χ3n) is 3.23. The lowest BCUT2D eigenvalue weighted by Gasteiger charge is -2.22. The molecular weight excluding hydrogens is 326 g/mol. The Balaban J connectivity index is 2.42. The summed E-state index contributed by atoms with van der Waals surface area (Å²) in [5.41, 5.74) is 2.72. The molecule has 0 atom stereocenters. The van der Waals surface area contributed by atoms with Crippen LogP contribution in [0.4, 0.5) is 0 Å². The normalized spacial score (nSPS) is 11.0. The number of ether oxygens (including phenoxy) is 1. The first-order valence-electron chi connectivity index (χ1n) is 6.82. The maximum atomic E-state index is 9.30. The number of para-hydroxylation sites is 1. The maximum Gasteiger partial charge on any atom is 0.145 e. The van der Waals surface area contributed by atoms with Crippen LogP contribution < -0.4 is 4.74 Å². The van der Waals surface area contributed by atoms with E-state index in [1.165, 1.54) is 0 Å². The smallest absolute Gasteiger partial charge is 0.145 e. The maximum absolute atomic E-state index is 9.30. The molecule has 2 nitrogen and oxygen atoms in total. The molecule has 0 aromatic heterocycles. The Morgan fingerprint density at radius 2 is 1.81 bits per heavy atom. The van der Waals surface area contributed by atoms with Crippen molar-refractivity contribution >= 4 is 15.9 Å². The molecule has 0 saturated heterocycles. The quantitative estimate of drug-likeness (QED) is 0.685. The van der Waals surface area contributed by atoms with Gasteiger partial charge in [0.1, 0.15) is 17.6 Å². The van der Waals surface area contributed by atoms with Crippen LogP contribution >= 0.6 is 15.9 Å². The van der Waals surface area contributed by atoms with Crippen molar-refractivity contribution in [1.29, 1.82) is 5.26 Å². The Morgan fingerprint density at radius 1 is 1.10 bits per heavy atom. The van der Waals surface area contributed by atoms with Crippen LogP contribution in [0.25, 0.3) is 0 Å². The highest BCUT2D eigenvalue weighted by atomic mass is 79.9. The second-order valence-electron chi connectivity index (χ2n) is 5.92. The van der Waals surface area contributed by atoms with Gasteiger partial charge in [0.05, 0.1) is 5.56 Å². The minimum absolute atomic E-state index is 0.0147. The average Bonchev–Trinajstić information content (AvgIpc) is 2.47. The molecule has 0 amide bonds. The van der Waals surface area contributed by atoms with Crippen molar-refractivity contribution < 1.29 is 4.74 Å². The number of hydrogen-bond acceptors (Lipinski definition) is 2. The van der Waals surface area contributed by atoms with E-state index >= 15 is 0 Å². The molecule has 0 aliphatic carbocycles. The van der Waals surface area contributed by atoms with Gasteiger partial charge in [-0.3, -0.25) is 0 Å². The molecule has 0 fully saturated rings. The monoisotopic (exact) mass is 343 g/mol. The summed E-state index contributed by atoms with van der Waals surface area (Å²) < 4.78 is 6.02. The average molecular weight is 344 g/mol. The summed E-state index contributed by atoms with van der Waals surface area (Å²) in [6.07, 6.45) is 0. The van der Waals surface area contributed by atoms with Crippen molar-refractivity contribution in [2.45, 2.75) is 31.5 Å². The summed E-state index contributed by atoms with van der Waals surface area (Å²) in [5.74, 6) is 1.40. The minimum Gasteiger partial charge on any atom is -0.456 e. The number of halogens is 1. The second kappa shape index (κ2) is 6.32. The molecule has 0 bridgehead atoms. The van der Waals surface area contributed by atoms with Crippen molar-refractivity contribution in [2.24, 2.45) is 0 Å². The molecule has 0 spiro atoms. The number of nitrogens with zero attached hydrogens (tertiary/aromatic N) is 1. The van der Waals surface area contributed by atoms with Gasteiger partial charge in [0.25, 0.3) is 0 Å². The van der Waals surface area contributed by atoms with Crippen LogP contribution in [0.15, 0.2) is 42.5 Å². The number of hydrogen-bond donors (Lipinski definition) is 0. The molecule has 3 heteroatoms. The molecule has 0 N–H and O–H groups in total. The molecule has 108 valence electrons. The summed E-state index contributed by atoms with van der Waals surface area (Å²) in [7, 11) is 0. The van der Waals surface area contributed by atoms with E-state index in [1.807, 2.05) is 36.4 Å². The van der Waals surface area contributed by atoms with Crippen molar-refractivity contribution in [3.63, 3.8) is 0 Å². The molecule has 2 aromatic rings. The first-order chi connectivity index (χ1) is 9.95. The van der Waals surface area contributed by atoms with E-state index in [0.717, 1.165) is 22.2 Å². The van der Waals surface area contributed by atoms with Crippen molar-refractivity contribution in [1.82, 2.24) is 0 Å². The Labute approximate surface area is 134 Å². The molecule has 0 saturated carbocycles. The third-order valence-corrected chi connectivity index (χ3v) is 3.88. The highest BCUT2D eigenvalue weighted by Gasteiger charge is 2.19. The van der Waals surface area contributed by atoms with Gasteiger partial charge in [-0.05, 0) is 29.2 Å². The fourth-order valence-electron chi connectivity index (χ4n) is 2.13. The molecule has 0 unspecified atom stereocenters. The Bertz CT molecular complexity index is 680. The zero-order valence-electron chi connectivity index (χ0n) is 12.5. The second-order valence-corrected chi connectivity index (χ2v) is 6.48. The minimum atomic E-state index is -0.0147. The van der Waals surface area contributed by atoms with Crippen LogP contribution in [-0.2, 0) is 10.7 Å². The molecule has 21 heavy (non-hydrogen) atoms. The van der Waals surface area contributed by atoms with E-state index in [4.69, 9.17) is 4.74 Å². The van der Waals surface area contributed by atoms with Crippen LogP contribution in [0.1, 0.15) is 37.5 Å².